The zero-order valence-corrected chi connectivity index (χ0v) is 19.6. The summed E-state index contributed by atoms with van der Waals surface area (Å²) in [6, 6.07) is 5.84. The molecule has 1 aliphatic carbocycles. The fraction of sp³-hybridized carbons (Fsp3) is 0.385. The van der Waals surface area contributed by atoms with Gasteiger partial charge in [0.15, 0.2) is 0 Å². The first kappa shape index (κ1) is 23.1. The number of rotatable bonds is 4. The van der Waals surface area contributed by atoms with Gasteiger partial charge in [-0.2, -0.15) is 0 Å². The summed E-state index contributed by atoms with van der Waals surface area (Å²) in [6.07, 6.45) is 3.44. The second-order valence-electron chi connectivity index (χ2n) is 9.19. The van der Waals surface area contributed by atoms with Crippen LogP contribution in [0.3, 0.4) is 0 Å². The van der Waals surface area contributed by atoms with Crippen molar-refractivity contribution in [2.24, 2.45) is 5.92 Å². The minimum absolute atomic E-state index is 0.00343. The molecule has 0 radical (unpaired) electrons. The van der Waals surface area contributed by atoms with Gasteiger partial charge >= 0.3 is 0 Å². The van der Waals surface area contributed by atoms with E-state index in [1.165, 1.54) is 12.4 Å². The molecule has 180 valence electrons. The fourth-order valence-electron chi connectivity index (χ4n) is 4.36. The van der Waals surface area contributed by atoms with Crippen LogP contribution in [0.4, 0.5) is 20.3 Å². The topological polar surface area (TPSA) is 74.2 Å². The van der Waals surface area contributed by atoms with Gasteiger partial charge in [-0.1, -0.05) is 5.92 Å². The Balaban J connectivity index is 1.43. The van der Waals surface area contributed by atoms with Crippen LogP contribution >= 0.6 is 0 Å². The van der Waals surface area contributed by atoms with Gasteiger partial charge in [0.1, 0.15) is 17.2 Å². The number of carbonyl (C=O) groups excluding carboxylic acids is 1. The number of fused-ring (bicyclic) bond motifs is 1. The number of alkyl halides is 2. The molecule has 0 aromatic carbocycles. The number of hydrogen-bond acceptors (Lipinski definition) is 6. The SMILES string of the molecule is C[C@@H]1CN(C)CCN1c1ccc(C#Cc2cnc(C(F)F)c3cnc(NC(=O)C4CC4)cc23)nc1. The van der Waals surface area contributed by atoms with Crippen molar-refractivity contribution in [2.45, 2.75) is 32.2 Å². The molecule has 0 spiro atoms. The third-order valence-corrected chi connectivity index (χ3v) is 6.44. The molecule has 2 aliphatic rings. The highest BCUT2D eigenvalue weighted by Crippen LogP contribution is 2.32. The summed E-state index contributed by atoms with van der Waals surface area (Å²) in [4.78, 5) is 29.3. The van der Waals surface area contributed by atoms with Crippen LogP contribution < -0.4 is 10.2 Å². The molecule has 35 heavy (non-hydrogen) atoms. The number of piperazine rings is 1. The Bertz CT molecular complexity index is 1310. The maximum Gasteiger partial charge on any atom is 0.281 e. The maximum absolute atomic E-state index is 13.5. The Kier molecular flexibility index (Phi) is 6.31. The lowest BCUT2D eigenvalue weighted by Gasteiger charge is -2.39. The number of anilines is 2. The van der Waals surface area contributed by atoms with Crippen molar-refractivity contribution in [3.63, 3.8) is 0 Å². The van der Waals surface area contributed by atoms with E-state index in [1.54, 1.807) is 6.07 Å². The van der Waals surface area contributed by atoms with E-state index < -0.39 is 6.43 Å². The van der Waals surface area contributed by atoms with E-state index >= 15 is 0 Å². The standard InChI is InChI=1S/C26H26F2N6O/c1-16-15-33(2)9-10-34(16)20-8-7-19(29-13-20)6-5-18-12-31-24(25(27)28)22-14-30-23(11-21(18)22)32-26(35)17-3-4-17/h7-8,11-14,16-17,25H,3-4,9-10,15H2,1-2H3,(H,30,32,35)/t16-/m1/s1. The van der Waals surface area contributed by atoms with Gasteiger partial charge in [0.25, 0.3) is 6.43 Å². The summed E-state index contributed by atoms with van der Waals surface area (Å²) in [7, 11) is 2.12. The molecular formula is C26H26F2N6O. The molecular weight excluding hydrogens is 450 g/mol. The summed E-state index contributed by atoms with van der Waals surface area (Å²) >= 11 is 0. The molecule has 5 rings (SSSR count). The summed E-state index contributed by atoms with van der Waals surface area (Å²) in [5, 5.41) is 3.44. The zero-order chi connectivity index (χ0) is 24.5. The predicted octanol–water partition coefficient (Wildman–Crippen LogP) is 3.85. The average molecular weight is 477 g/mol. The summed E-state index contributed by atoms with van der Waals surface area (Å²) in [6.45, 7) is 5.12. The Morgan fingerprint density at radius 1 is 1.09 bits per heavy atom. The first-order valence-electron chi connectivity index (χ1n) is 11.7. The molecule has 0 bridgehead atoms. The number of aromatic nitrogens is 3. The van der Waals surface area contributed by atoms with Crippen LogP contribution in [0.15, 0.2) is 36.8 Å². The average Bonchev–Trinajstić information content (AvgIpc) is 3.68. The molecule has 1 atom stereocenters. The van der Waals surface area contributed by atoms with Crippen LogP contribution in [-0.2, 0) is 4.79 Å². The number of nitrogens with one attached hydrogen (secondary N) is 1. The molecule has 1 aliphatic heterocycles. The Morgan fingerprint density at radius 3 is 2.60 bits per heavy atom. The van der Waals surface area contributed by atoms with Crippen molar-refractivity contribution in [2.75, 3.05) is 36.9 Å². The maximum atomic E-state index is 13.5. The number of pyridine rings is 3. The molecule has 1 saturated carbocycles. The van der Waals surface area contributed by atoms with Crippen LogP contribution in [-0.4, -0.2) is 58.5 Å². The van der Waals surface area contributed by atoms with Crippen LogP contribution in [0.2, 0.25) is 0 Å². The second kappa shape index (κ2) is 9.55. The number of hydrogen-bond donors (Lipinski definition) is 1. The fourth-order valence-corrected chi connectivity index (χ4v) is 4.36. The normalized spacial score (nSPS) is 18.4. The number of nitrogens with zero attached hydrogens (tertiary/aromatic N) is 5. The van der Waals surface area contributed by atoms with Crippen molar-refractivity contribution in [3.05, 3.63) is 53.7 Å². The van der Waals surface area contributed by atoms with E-state index in [2.05, 4.69) is 55.9 Å². The third kappa shape index (κ3) is 5.08. The molecule has 1 saturated heterocycles. The molecule has 1 amide bonds. The lowest BCUT2D eigenvalue weighted by atomic mass is 10.1. The lowest BCUT2D eigenvalue weighted by Crippen LogP contribution is -2.50. The molecule has 4 heterocycles. The number of carbonyl (C=O) groups is 1. The van der Waals surface area contributed by atoms with Gasteiger partial charge in [-0.25, -0.2) is 18.7 Å². The van der Waals surface area contributed by atoms with Crippen LogP contribution in [0.25, 0.3) is 10.8 Å². The molecule has 3 aromatic heterocycles. The molecule has 2 fully saturated rings. The quantitative estimate of drug-likeness (QED) is 0.577. The summed E-state index contributed by atoms with van der Waals surface area (Å²) in [5.41, 5.74) is 1.72. The van der Waals surface area contributed by atoms with Crippen molar-refractivity contribution in [3.8, 4) is 11.8 Å². The molecule has 3 aromatic rings. The van der Waals surface area contributed by atoms with Crippen molar-refractivity contribution in [1.29, 1.82) is 0 Å². The number of amides is 1. The van der Waals surface area contributed by atoms with Crippen molar-refractivity contribution < 1.29 is 13.6 Å². The van der Waals surface area contributed by atoms with Crippen molar-refractivity contribution in [1.82, 2.24) is 19.9 Å². The van der Waals surface area contributed by atoms with Gasteiger partial charge in [0.05, 0.1) is 17.4 Å². The van der Waals surface area contributed by atoms with Gasteiger partial charge in [-0.05, 0) is 50.9 Å². The first-order chi connectivity index (χ1) is 16.9. The number of halogens is 2. The first-order valence-corrected chi connectivity index (χ1v) is 11.7. The van der Waals surface area contributed by atoms with Crippen LogP contribution in [0, 0.1) is 17.8 Å². The van der Waals surface area contributed by atoms with E-state index in [4.69, 9.17) is 0 Å². The van der Waals surface area contributed by atoms with Gasteiger partial charge in [0.2, 0.25) is 5.91 Å². The van der Waals surface area contributed by atoms with Crippen molar-refractivity contribution >= 4 is 28.2 Å². The van der Waals surface area contributed by atoms with E-state index in [0.717, 1.165) is 38.2 Å². The smallest absolute Gasteiger partial charge is 0.281 e. The van der Waals surface area contributed by atoms with Gasteiger partial charge in [-0.15, -0.1) is 0 Å². The van der Waals surface area contributed by atoms with Gasteiger partial charge in [-0.3, -0.25) is 9.78 Å². The minimum Gasteiger partial charge on any atom is -0.365 e. The molecule has 0 unspecified atom stereocenters. The van der Waals surface area contributed by atoms with E-state index in [1.807, 2.05) is 18.3 Å². The van der Waals surface area contributed by atoms with Gasteiger partial charge < -0.3 is 15.1 Å². The predicted molar refractivity (Wildman–Crippen MR) is 130 cm³/mol. The van der Waals surface area contributed by atoms with E-state index in [0.29, 0.717) is 28.5 Å². The minimum atomic E-state index is -2.75. The Hall–Kier alpha value is -3.64. The Labute approximate surface area is 202 Å². The molecule has 1 N–H and O–H groups in total. The van der Waals surface area contributed by atoms with E-state index in [9.17, 15) is 13.6 Å². The zero-order valence-electron chi connectivity index (χ0n) is 19.6. The summed E-state index contributed by atoms with van der Waals surface area (Å²) < 4.78 is 27.1. The second-order valence-corrected chi connectivity index (χ2v) is 9.19. The molecule has 9 heteroatoms. The lowest BCUT2D eigenvalue weighted by molar-refractivity contribution is -0.117. The highest BCUT2D eigenvalue weighted by Gasteiger charge is 2.30. The van der Waals surface area contributed by atoms with Crippen LogP contribution in [0.5, 0.6) is 0 Å². The number of likely N-dealkylation sites (N-methyl/N-ethyl adjacent to an activating group) is 1. The van der Waals surface area contributed by atoms with Crippen LogP contribution in [0.1, 0.15) is 43.1 Å². The van der Waals surface area contributed by atoms with Gasteiger partial charge in [0, 0.05) is 54.8 Å². The highest BCUT2D eigenvalue weighted by atomic mass is 19.3. The monoisotopic (exact) mass is 476 g/mol. The molecule has 7 nitrogen and oxygen atoms in total. The third-order valence-electron chi connectivity index (χ3n) is 6.44. The van der Waals surface area contributed by atoms with E-state index in [-0.39, 0.29) is 22.9 Å². The Morgan fingerprint density at radius 2 is 1.91 bits per heavy atom. The highest BCUT2D eigenvalue weighted by molar-refractivity contribution is 5.97. The summed E-state index contributed by atoms with van der Waals surface area (Å²) in [5.74, 6) is 6.25. The largest absolute Gasteiger partial charge is 0.365 e.